The van der Waals surface area contributed by atoms with Gasteiger partial charge in [-0.1, -0.05) is 23.7 Å². The molecule has 112 valence electrons. The minimum absolute atomic E-state index is 0.165. The molecule has 0 saturated carbocycles. The number of hydrogen-bond donors (Lipinski definition) is 1. The van der Waals surface area contributed by atoms with Crippen molar-refractivity contribution in [2.24, 2.45) is 0 Å². The van der Waals surface area contributed by atoms with Crippen LogP contribution in [0.1, 0.15) is 11.1 Å². The van der Waals surface area contributed by atoms with Crippen LogP contribution in [0.2, 0.25) is 5.02 Å². The number of rotatable bonds is 3. The monoisotopic (exact) mass is 315 g/mol. The van der Waals surface area contributed by atoms with Gasteiger partial charge in [0.2, 0.25) is 0 Å². The summed E-state index contributed by atoms with van der Waals surface area (Å²) in [6.45, 7) is 0. The molecule has 2 aromatic carbocycles. The van der Waals surface area contributed by atoms with Gasteiger partial charge in [-0.2, -0.15) is 0 Å². The standard InChI is InChI=1S/C17H14ClNO3/c1-21-15-5-3-4-10(16(15)22-2)8-13-12-9-11(18)6-7-14(12)19-17(13)20/h3-9H,1-2H3,(H,19,20)/b13-8-. The summed E-state index contributed by atoms with van der Waals surface area (Å²) >= 11 is 6.03. The molecule has 2 aromatic rings. The highest BCUT2D eigenvalue weighted by molar-refractivity contribution is 6.36. The molecule has 5 heteroatoms. The largest absolute Gasteiger partial charge is 0.493 e. The van der Waals surface area contributed by atoms with Crippen LogP contribution in [0.3, 0.4) is 0 Å². The molecule has 0 aromatic heterocycles. The first-order valence-corrected chi connectivity index (χ1v) is 7.06. The topological polar surface area (TPSA) is 47.6 Å². The second-order valence-electron chi connectivity index (χ2n) is 4.78. The van der Waals surface area contributed by atoms with Crippen LogP contribution >= 0.6 is 11.6 Å². The number of carbonyl (C=O) groups is 1. The van der Waals surface area contributed by atoms with Crippen molar-refractivity contribution in [3.8, 4) is 11.5 Å². The number of methoxy groups -OCH3 is 2. The van der Waals surface area contributed by atoms with Crippen LogP contribution in [0.15, 0.2) is 36.4 Å². The number of fused-ring (bicyclic) bond motifs is 1. The van der Waals surface area contributed by atoms with E-state index in [1.165, 1.54) is 0 Å². The number of carbonyl (C=O) groups excluding carboxylic acids is 1. The Morgan fingerprint density at radius 3 is 2.68 bits per heavy atom. The van der Waals surface area contributed by atoms with Crippen molar-refractivity contribution in [3.05, 3.63) is 52.5 Å². The molecule has 0 unspecified atom stereocenters. The van der Waals surface area contributed by atoms with E-state index in [-0.39, 0.29) is 5.91 Å². The van der Waals surface area contributed by atoms with Crippen molar-refractivity contribution < 1.29 is 14.3 Å². The molecule has 0 radical (unpaired) electrons. The highest BCUT2D eigenvalue weighted by Gasteiger charge is 2.24. The highest BCUT2D eigenvalue weighted by atomic mass is 35.5. The third-order valence-electron chi connectivity index (χ3n) is 3.50. The quantitative estimate of drug-likeness (QED) is 0.875. The molecular formula is C17H14ClNO3. The molecule has 1 aliphatic rings. The van der Waals surface area contributed by atoms with Crippen LogP contribution in [-0.4, -0.2) is 20.1 Å². The molecule has 0 saturated heterocycles. The molecule has 4 nitrogen and oxygen atoms in total. The van der Waals surface area contributed by atoms with Gasteiger partial charge in [0.1, 0.15) is 0 Å². The molecule has 3 rings (SSSR count). The van der Waals surface area contributed by atoms with E-state index in [0.29, 0.717) is 22.1 Å². The summed E-state index contributed by atoms with van der Waals surface area (Å²) in [5, 5.41) is 3.41. The molecule has 1 aliphatic heterocycles. The predicted molar refractivity (Wildman–Crippen MR) is 87.5 cm³/mol. The Balaban J connectivity index is 2.14. The second kappa shape index (κ2) is 5.73. The lowest BCUT2D eigenvalue weighted by Crippen LogP contribution is -2.03. The fraction of sp³-hybridized carbons (Fsp3) is 0.118. The van der Waals surface area contributed by atoms with Crippen molar-refractivity contribution in [2.75, 3.05) is 19.5 Å². The predicted octanol–water partition coefficient (Wildman–Crippen LogP) is 3.85. The Morgan fingerprint density at radius 1 is 1.14 bits per heavy atom. The van der Waals surface area contributed by atoms with E-state index >= 15 is 0 Å². The van der Waals surface area contributed by atoms with E-state index in [0.717, 1.165) is 16.8 Å². The summed E-state index contributed by atoms with van der Waals surface area (Å²) in [5.74, 6) is 1.03. The zero-order valence-electron chi connectivity index (χ0n) is 12.1. The fourth-order valence-corrected chi connectivity index (χ4v) is 2.66. The van der Waals surface area contributed by atoms with Gasteiger partial charge in [-0.25, -0.2) is 0 Å². The normalized spacial score (nSPS) is 14.7. The lowest BCUT2D eigenvalue weighted by Gasteiger charge is -2.10. The van der Waals surface area contributed by atoms with Crippen LogP contribution in [-0.2, 0) is 4.79 Å². The van der Waals surface area contributed by atoms with Crippen LogP contribution in [0.5, 0.6) is 11.5 Å². The maximum absolute atomic E-state index is 12.2. The molecule has 0 fully saturated rings. The highest BCUT2D eigenvalue weighted by Crippen LogP contribution is 2.38. The van der Waals surface area contributed by atoms with Crippen molar-refractivity contribution in [1.29, 1.82) is 0 Å². The third-order valence-corrected chi connectivity index (χ3v) is 3.73. The molecule has 1 amide bonds. The summed E-state index contributed by atoms with van der Waals surface area (Å²) < 4.78 is 10.7. The van der Waals surface area contributed by atoms with Gasteiger partial charge >= 0.3 is 0 Å². The molecule has 0 spiro atoms. The van der Waals surface area contributed by atoms with Crippen LogP contribution in [0, 0.1) is 0 Å². The first-order valence-electron chi connectivity index (χ1n) is 6.68. The summed E-state index contributed by atoms with van der Waals surface area (Å²) in [4.78, 5) is 12.2. The average Bonchev–Trinajstić information content (AvgIpc) is 2.82. The minimum Gasteiger partial charge on any atom is -0.493 e. The number of amides is 1. The molecule has 1 heterocycles. The summed E-state index contributed by atoms with van der Waals surface area (Å²) in [6.07, 6.45) is 1.78. The number of halogens is 1. The zero-order valence-corrected chi connectivity index (χ0v) is 12.9. The van der Waals surface area contributed by atoms with Gasteiger partial charge in [0, 0.05) is 27.4 Å². The summed E-state index contributed by atoms with van der Waals surface area (Å²) in [6, 6.07) is 10.8. The van der Waals surface area contributed by atoms with Gasteiger partial charge in [-0.15, -0.1) is 0 Å². The maximum Gasteiger partial charge on any atom is 0.256 e. The smallest absolute Gasteiger partial charge is 0.256 e. The van der Waals surface area contributed by atoms with E-state index in [9.17, 15) is 4.79 Å². The van der Waals surface area contributed by atoms with E-state index in [1.807, 2.05) is 12.1 Å². The Hall–Kier alpha value is -2.46. The van der Waals surface area contributed by atoms with Gasteiger partial charge in [-0.05, 0) is 30.3 Å². The number of anilines is 1. The first-order chi connectivity index (χ1) is 10.6. The zero-order chi connectivity index (χ0) is 15.7. The molecule has 0 aliphatic carbocycles. The maximum atomic E-state index is 12.2. The van der Waals surface area contributed by atoms with E-state index in [1.54, 1.807) is 44.6 Å². The lowest BCUT2D eigenvalue weighted by molar-refractivity contribution is -0.110. The molecule has 1 N–H and O–H groups in total. The van der Waals surface area contributed by atoms with Gasteiger partial charge in [-0.3, -0.25) is 4.79 Å². The third kappa shape index (κ3) is 2.42. The molecule has 0 bridgehead atoms. The number of ether oxygens (including phenoxy) is 2. The summed E-state index contributed by atoms with van der Waals surface area (Å²) in [5.41, 5.74) is 2.84. The molecular weight excluding hydrogens is 302 g/mol. The van der Waals surface area contributed by atoms with Crippen LogP contribution in [0.25, 0.3) is 11.6 Å². The Labute approximate surface area is 133 Å². The second-order valence-corrected chi connectivity index (χ2v) is 5.22. The van der Waals surface area contributed by atoms with Gasteiger partial charge in [0.05, 0.1) is 14.2 Å². The van der Waals surface area contributed by atoms with E-state index in [2.05, 4.69) is 5.32 Å². The number of para-hydroxylation sites is 1. The Kier molecular flexibility index (Phi) is 3.77. The van der Waals surface area contributed by atoms with E-state index < -0.39 is 0 Å². The average molecular weight is 316 g/mol. The molecule has 0 atom stereocenters. The number of benzene rings is 2. The first kappa shape index (κ1) is 14.5. The summed E-state index contributed by atoms with van der Waals surface area (Å²) in [7, 11) is 3.14. The van der Waals surface area contributed by atoms with Crippen molar-refractivity contribution >= 4 is 34.8 Å². The number of nitrogens with one attached hydrogen (secondary N) is 1. The van der Waals surface area contributed by atoms with E-state index in [4.69, 9.17) is 21.1 Å². The van der Waals surface area contributed by atoms with Crippen molar-refractivity contribution in [3.63, 3.8) is 0 Å². The van der Waals surface area contributed by atoms with Gasteiger partial charge in [0.25, 0.3) is 5.91 Å². The lowest BCUT2D eigenvalue weighted by atomic mass is 10.0. The minimum atomic E-state index is -0.165. The van der Waals surface area contributed by atoms with Gasteiger partial charge in [0.15, 0.2) is 11.5 Å². The Morgan fingerprint density at radius 2 is 1.95 bits per heavy atom. The Bertz CT molecular complexity index is 783. The fourth-order valence-electron chi connectivity index (χ4n) is 2.48. The van der Waals surface area contributed by atoms with Crippen molar-refractivity contribution in [2.45, 2.75) is 0 Å². The molecule has 22 heavy (non-hydrogen) atoms. The number of hydrogen-bond acceptors (Lipinski definition) is 3. The SMILES string of the molecule is COc1cccc(/C=C2\C(=O)Nc3ccc(Cl)cc32)c1OC. The van der Waals surface area contributed by atoms with Crippen LogP contribution < -0.4 is 14.8 Å². The van der Waals surface area contributed by atoms with Crippen molar-refractivity contribution in [1.82, 2.24) is 0 Å². The van der Waals surface area contributed by atoms with Gasteiger partial charge < -0.3 is 14.8 Å². The van der Waals surface area contributed by atoms with Crippen LogP contribution in [0.4, 0.5) is 5.69 Å².